The Morgan fingerprint density at radius 2 is 2.05 bits per heavy atom. The number of allylic oxidation sites excluding steroid dienone is 6. The summed E-state index contributed by atoms with van der Waals surface area (Å²) in [5.41, 5.74) is 2.54. The van der Waals surface area contributed by atoms with Crippen molar-refractivity contribution in [3.05, 3.63) is 60.1 Å². The lowest BCUT2D eigenvalue weighted by Gasteiger charge is -2.40. The third-order valence-electron chi connectivity index (χ3n) is 6.55. The van der Waals surface area contributed by atoms with Gasteiger partial charge in [-0.25, -0.2) is 9.97 Å². The zero-order chi connectivity index (χ0) is 26.8. The van der Waals surface area contributed by atoms with E-state index in [0.29, 0.717) is 54.8 Å². The van der Waals surface area contributed by atoms with E-state index >= 15 is 0 Å². The number of rotatable bonds is 13. The SMILES string of the molecule is C/C=C/[C@H](C)/C=C(/C)C/C=C/CCc1nc(-c2nc([C@@H](C[C@H]3C[C@@H](O)C[C@](C)(OC)O3)OC)co2)co1. The standard InChI is InChI=1S/C29H42N2O6/c1-7-11-20(2)14-21(3)12-9-8-10-13-27-30-25(19-35-27)28-31-24(18-36-28)26(33-5)16-23-15-22(32)17-29(4,34-6)37-23/h7-9,11,14,18-20,22-23,26,32H,10,12-13,15-17H2,1-6H3/b9-8+,11-7+,21-14-/t20-,22+,23+,26+,29+/m0/s1. The minimum absolute atomic E-state index is 0.235. The first-order chi connectivity index (χ1) is 17.7. The van der Waals surface area contributed by atoms with Gasteiger partial charge in [-0.15, -0.1) is 0 Å². The minimum atomic E-state index is -0.817. The van der Waals surface area contributed by atoms with E-state index in [1.807, 2.05) is 13.8 Å². The number of hydrogen-bond donors (Lipinski definition) is 1. The van der Waals surface area contributed by atoms with E-state index in [2.05, 4.69) is 54.2 Å². The summed E-state index contributed by atoms with van der Waals surface area (Å²) < 4.78 is 28.5. The zero-order valence-corrected chi connectivity index (χ0v) is 23.0. The molecule has 0 spiro atoms. The van der Waals surface area contributed by atoms with Gasteiger partial charge < -0.3 is 28.2 Å². The Kier molecular flexibility index (Phi) is 10.9. The van der Waals surface area contributed by atoms with Crippen LogP contribution in [0.4, 0.5) is 0 Å². The highest BCUT2D eigenvalue weighted by molar-refractivity contribution is 5.44. The molecule has 5 atom stereocenters. The van der Waals surface area contributed by atoms with Crippen LogP contribution in [0, 0.1) is 5.92 Å². The van der Waals surface area contributed by atoms with Gasteiger partial charge in [0.1, 0.15) is 24.3 Å². The van der Waals surface area contributed by atoms with Crippen molar-refractivity contribution in [3.63, 3.8) is 0 Å². The molecule has 204 valence electrons. The number of oxazole rings is 2. The van der Waals surface area contributed by atoms with Crippen LogP contribution in [-0.4, -0.2) is 47.3 Å². The molecule has 0 aromatic carbocycles. The van der Waals surface area contributed by atoms with Crippen molar-refractivity contribution >= 4 is 0 Å². The van der Waals surface area contributed by atoms with Crippen LogP contribution in [0.3, 0.4) is 0 Å². The molecule has 0 amide bonds. The van der Waals surface area contributed by atoms with Crippen molar-refractivity contribution in [2.24, 2.45) is 5.92 Å². The Bertz CT molecular complexity index is 1050. The monoisotopic (exact) mass is 514 g/mol. The fourth-order valence-corrected chi connectivity index (χ4v) is 4.66. The highest BCUT2D eigenvalue weighted by atomic mass is 16.7. The molecule has 0 aliphatic carbocycles. The van der Waals surface area contributed by atoms with Crippen molar-refractivity contribution in [2.75, 3.05) is 14.2 Å². The van der Waals surface area contributed by atoms with Gasteiger partial charge in [-0.05, 0) is 46.0 Å². The van der Waals surface area contributed by atoms with Crippen molar-refractivity contribution in [3.8, 4) is 11.6 Å². The summed E-state index contributed by atoms with van der Waals surface area (Å²) in [5.74, 6) is 0.659. The highest BCUT2D eigenvalue weighted by Crippen LogP contribution is 2.35. The summed E-state index contributed by atoms with van der Waals surface area (Å²) in [7, 11) is 3.21. The highest BCUT2D eigenvalue weighted by Gasteiger charge is 2.39. The Morgan fingerprint density at radius 1 is 1.24 bits per heavy atom. The molecule has 0 saturated carbocycles. The molecule has 2 aromatic rings. The van der Waals surface area contributed by atoms with Gasteiger partial charge in [0.05, 0.1) is 12.2 Å². The average molecular weight is 515 g/mol. The van der Waals surface area contributed by atoms with Crippen LogP contribution < -0.4 is 0 Å². The summed E-state index contributed by atoms with van der Waals surface area (Å²) >= 11 is 0. The first-order valence-electron chi connectivity index (χ1n) is 13.0. The van der Waals surface area contributed by atoms with E-state index in [1.54, 1.807) is 26.7 Å². The first kappa shape index (κ1) is 29.0. The van der Waals surface area contributed by atoms with Crippen LogP contribution in [-0.2, 0) is 20.6 Å². The number of ether oxygens (including phenoxy) is 3. The van der Waals surface area contributed by atoms with Gasteiger partial charge in [-0.3, -0.25) is 0 Å². The Balaban J connectivity index is 1.53. The van der Waals surface area contributed by atoms with Crippen LogP contribution in [0.15, 0.2) is 57.3 Å². The predicted octanol–water partition coefficient (Wildman–Crippen LogP) is 6.35. The van der Waals surface area contributed by atoms with E-state index in [1.165, 1.54) is 5.57 Å². The Labute approximate surface area is 220 Å². The molecule has 0 radical (unpaired) electrons. The second-order valence-electron chi connectivity index (χ2n) is 9.95. The maximum atomic E-state index is 10.3. The van der Waals surface area contributed by atoms with E-state index in [-0.39, 0.29) is 12.2 Å². The van der Waals surface area contributed by atoms with Gasteiger partial charge in [0.2, 0.25) is 5.89 Å². The lowest BCUT2D eigenvalue weighted by molar-refractivity contribution is -0.278. The molecule has 3 rings (SSSR count). The number of hydrogen-bond acceptors (Lipinski definition) is 8. The van der Waals surface area contributed by atoms with E-state index in [4.69, 9.17) is 23.0 Å². The maximum absolute atomic E-state index is 10.3. The lowest BCUT2D eigenvalue weighted by atomic mass is 9.95. The zero-order valence-electron chi connectivity index (χ0n) is 23.0. The normalized spacial score (nSPS) is 24.8. The molecule has 1 N–H and O–H groups in total. The molecule has 1 aliphatic heterocycles. The van der Waals surface area contributed by atoms with Gasteiger partial charge in [0.15, 0.2) is 17.4 Å². The minimum Gasteiger partial charge on any atom is -0.448 e. The van der Waals surface area contributed by atoms with Crippen LogP contribution in [0.2, 0.25) is 0 Å². The van der Waals surface area contributed by atoms with Crippen LogP contribution in [0.25, 0.3) is 11.6 Å². The van der Waals surface area contributed by atoms with E-state index < -0.39 is 11.9 Å². The maximum Gasteiger partial charge on any atom is 0.248 e. The van der Waals surface area contributed by atoms with Crippen LogP contribution in [0.5, 0.6) is 0 Å². The van der Waals surface area contributed by atoms with Crippen molar-refractivity contribution < 1.29 is 28.2 Å². The number of aliphatic hydroxyl groups excluding tert-OH is 1. The fraction of sp³-hybridized carbons (Fsp3) is 0.586. The van der Waals surface area contributed by atoms with E-state index in [9.17, 15) is 5.11 Å². The van der Waals surface area contributed by atoms with Crippen molar-refractivity contribution in [2.45, 2.75) is 90.3 Å². The molecule has 8 nitrogen and oxygen atoms in total. The van der Waals surface area contributed by atoms with Gasteiger partial charge in [-0.1, -0.05) is 42.9 Å². The second kappa shape index (κ2) is 13.9. The number of nitrogens with zero attached hydrogens (tertiary/aromatic N) is 2. The molecule has 8 heteroatoms. The fourth-order valence-electron chi connectivity index (χ4n) is 4.66. The van der Waals surface area contributed by atoms with Crippen LogP contribution >= 0.6 is 0 Å². The molecule has 2 aromatic heterocycles. The van der Waals surface area contributed by atoms with Gasteiger partial charge in [-0.2, -0.15) is 0 Å². The lowest BCUT2D eigenvalue weighted by Crippen LogP contribution is -2.45. The summed E-state index contributed by atoms with van der Waals surface area (Å²) in [6.07, 6.45) is 16.9. The molecule has 1 fully saturated rings. The summed E-state index contributed by atoms with van der Waals surface area (Å²) in [6.45, 7) is 8.23. The third-order valence-corrected chi connectivity index (χ3v) is 6.55. The van der Waals surface area contributed by atoms with Gasteiger partial charge in [0, 0.05) is 33.5 Å². The third kappa shape index (κ3) is 8.78. The second-order valence-corrected chi connectivity index (χ2v) is 9.95. The van der Waals surface area contributed by atoms with Gasteiger partial charge in [0.25, 0.3) is 0 Å². The average Bonchev–Trinajstić information content (AvgIpc) is 3.52. The summed E-state index contributed by atoms with van der Waals surface area (Å²) in [4.78, 5) is 9.12. The number of methoxy groups -OCH3 is 2. The van der Waals surface area contributed by atoms with Crippen molar-refractivity contribution in [1.82, 2.24) is 9.97 Å². The predicted molar refractivity (Wildman–Crippen MR) is 142 cm³/mol. The Hall–Kier alpha value is -2.52. The number of aryl methyl sites for hydroxylation is 1. The summed E-state index contributed by atoms with van der Waals surface area (Å²) in [6, 6.07) is 0. The largest absolute Gasteiger partial charge is 0.448 e. The summed E-state index contributed by atoms with van der Waals surface area (Å²) in [5, 5.41) is 10.3. The smallest absolute Gasteiger partial charge is 0.248 e. The van der Waals surface area contributed by atoms with Gasteiger partial charge >= 0.3 is 0 Å². The number of aromatic nitrogens is 2. The number of aliphatic hydroxyl groups is 1. The quantitative estimate of drug-likeness (QED) is 0.309. The molecular weight excluding hydrogens is 472 g/mol. The molecule has 3 heterocycles. The molecule has 0 unspecified atom stereocenters. The topological polar surface area (TPSA) is 100.0 Å². The van der Waals surface area contributed by atoms with Crippen LogP contribution in [0.1, 0.15) is 77.5 Å². The molecule has 37 heavy (non-hydrogen) atoms. The molecule has 1 saturated heterocycles. The Morgan fingerprint density at radius 3 is 2.78 bits per heavy atom. The molecule has 1 aliphatic rings. The van der Waals surface area contributed by atoms with E-state index in [0.717, 1.165) is 12.8 Å². The first-order valence-corrected chi connectivity index (χ1v) is 13.0. The van der Waals surface area contributed by atoms with Crippen molar-refractivity contribution in [1.29, 1.82) is 0 Å². The molecule has 0 bridgehead atoms. The molecular formula is C29H42N2O6.